The van der Waals surface area contributed by atoms with E-state index in [9.17, 15) is 19.8 Å². The van der Waals surface area contributed by atoms with Gasteiger partial charge in [-0.2, -0.15) is 0 Å². The van der Waals surface area contributed by atoms with E-state index in [0.29, 0.717) is 19.3 Å². The lowest BCUT2D eigenvalue weighted by Crippen LogP contribution is -2.57. The van der Waals surface area contributed by atoms with E-state index < -0.39 is 60.5 Å². The van der Waals surface area contributed by atoms with Crippen molar-refractivity contribution in [1.29, 1.82) is 0 Å². The molecule has 13 nitrogen and oxygen atoms in total. The Morgan fingerprint density at radius 2 is 1.73 bits per heavy atom. The predicted octanol–water partition coefficient (Wildman–Crippen LogP) is 3.95. The van der Waals surface area contributed by atoms with E-state index in [-0.39, 0.29) is 54.9 Å². The van der Waals surface area contributed by atoms with Gasteiger partial charge in [-0.1, -0.05) is 48.0 Å². The van der Waals surface area contributed by atoms with Crippen LogP contribution in [0, 0.1) is 23.7 Å². The molecule has 10 unspecified atom stereocenters. The summed E-state index contributed by atoms with van der Waals surface area (Å²) >= 11 is 0. The molecular formula is C35H66N2O11. The number of hydrazine groups is 1. The van der Waals surface area contributed by atoms with Crippen LogP contribution in [0.5, 0.6) is 0 Å². The maximum Gasteiger partial charge on any atom is 0.310 e. The van der Waals surface area contributed by atoms with E-state index in [1.54, 1.807) is 21.1 Å². The minimum Gasteiger partial charge on any atom is -0.436 e. The smallest absolute Gasteiger partial charge is 0.310 e. The van der Waals surface area contributed by atoms with Gasteiger partial charge < -0.3 is 43.4 Å². The highest BCUT2D eigenvalue weighted by atomic mass is 16.7. The van der Waals surface area contributed by atoms with Crippen molar-refractivity contribution < 1.29 is 53.0 Å². The third-order valence-electron chi connectivity index (χ3n) is 10.6. The average Bonchev–Trinajstić information content (AvgIpc) is 3.04. The van der Waals surface area contributed by atoms with Gasteiger partial charge in [-0.05, 0) is 40.0 Å². The lowest BCUT2D eigenvalue weighted by Gasteiger charge is -2.48. The number of methoxy groups -OCH3 is 2. The first-order valence-corrected chi connectivity index (χ1v) is 17.7. The van der Waals surface area contributed by atoms with Crippen LogP contribution in [-0.2, 0) is 42.7 Å². The van der Waals surface area contributed by atoms with Crippen LogP contribution in [0.25, 0.3) is 0 Å². The SMILES string of the molecule is CCC[C@@H](C)C(=O)[C@H](C)C[C@](C)(OC)[C@H](OC1CC(NN)CC(C)O1)C(C)C(CC(=O)OC(O)CC)OC1CC(C)(OC)C(C)C(O)O1. The van der Waals surface area contributed by atoms with Crippen LogP contribution < -0.4 is 11.3 Å². The topological polar surface area (TPSA) is 177 Å². The molecule has 0 amide bonds. The fraction of sp³-hybridized carbons (Fsp3) is 0.943. The molecule has 0 aromatic heterocycles. The summed E-state index contributed by atoms with van der Waals surface area (Å²) in [5.74, 6) is 3.90. The molecule has 2 rings (SSSR count). The Bertz CT molecular complexity index is 990. The number of aliphatic hydroxyl groups excluding tert-OH is 2. The van der Waals surface area contributed by atoms with Crippen molar-refractivity contribution in [3.63, 3.8) is 0 Å². The normalized spacial score (nSPS) is 33.1. The lowest BCUT2D eigenvalue weighted by molar-refractivity contribution is -0.331. The Labute approximate surface area is 288 Å². The fourth-order valence-electron chi connectivity index (χ4n) is 7.08. The molecule has 0 spiro atoms. The lowest BCUT2D eigenvalue weighted by atomic mass is 9.77. The Hall–Kier alpha value is -1.26. The second-order valence-electron chi connectivity index (χ2n) is 14.5. The van der Waals surface area contributed by atoms with Gasteiger partial charge in [-0.3, -0.25) is 20.9 Å². The largest absolute Gasteiger partial charge is 0.436 e. The molecule has 2 aliphatic rings. The molecule has 13 heteroatoms. The maximum atomic E-state index is 13.4. The highest BCUT2D eigenvalue weighted by Crippen LogP contribution is 2.40. The Morgan fingerprint density at radius 1 is 1.06 bits per heavy atom. The zero-order valence-electron chi connectivity index (χ0n) is 31.2. The molecule has 14 atom stereocenters. The van der Waals surface area contributed by atoms with Gasteiger partial charge in [-0.15, -0.1) is 0 Å². The molecule has 2 aliphatic heterocycles. The minimum atomic E-state index is -1.27. The second-order valence-corrected chi connectivity index (χ2v) is 14.5. The average molecular weight is 691 g/mol. The first-order chi connectivity index (χ1) is 22.5. The van der Waals surface area contributed by atoms with Crippen LogP contribution in [0.4, 0.5) is 0 Å². The summed E-state index contributed by atoms with van der Waals surface area (Å²) in [6, 6.07) is -0.0534. The van der Waals surface area contributed by atoms with Crippen molar-refractivity contribution in [3.8, 4) is 0 Å². The standard InChI is InChI=1S/C35H66N2O11/c1-12-14-20(3)31(40)21(4)18-35(9,43-11)32(47-29-16-25(37-36)15-22(5)44-29)23(6)26(17-28(39)46-27(38)13-2)45-30-19-34(8,42-10)24(7)33(41)48-30/h20-27,29-30,32-33,37-38,41H,12-19,36H2,1-11H3/t20-,21-,22?,23?,24?,25?,26?,27?,29?,30?,32-,33?,34?,35+/m1/s1. The Kier molecular flexibility index (Phi) is 17.3. The van der Waals surface area contributed by atoms with Crippen molar-refractivity contribution in [1.82, 2.24) is 5.43 Å². The van der Waals surface area contributed by atoms with E-state index in [1.165, 1.54) is 0 Å². The van der Waals surface area contributed by atoms with Crippen LogP contribution >= 0.6 is 0 Å². The molecule has 0 aromatic rings. The van der Waals surface area contributed by atoms with Crippen molar-refractivity contribution in [2.75, 3.05) is 14.2 Å². The van der Waals surface area contributed by atoms with Crippen LogP contribution in [0.1, 0.15) is 114 Å². The number of Topliss-reactive ketones (excluding diaryl/α,β-unsaturated/α-hetero) is 1. The minimum absolute atomic E-state index is 0.0534. The molecule has 0 aromatic carbocycles. The van der Waals surface area contributed by atoms with Gasteiger partial charge in [-0.25, -0.2) is 0 Å². The quantitative estimate of drug-likeness (QED) is 0.0626. The van der Waals surface area contributed by atoms with Gasteiger partial charge in [0.15, 0.2) is 25.2 Å². The van der Waals surface area contributed by atoms with Gasteiger partial charge in [0, 0.05) is 63.2 Å². The monoisotopic (exact) mass is 690 g/mol. The van der Waals surface area contributed by atoms with Gasteiger partial charge in [0.25, 0.3) is 0 Å². The number of rotatable bonds is 20. The summed E-state index contributed by atoms with van der Waals surface area (Å²) < 4.78 is 42.7. The van der Waals surface area contributed by atoms with Crippen LogP contribution in [-0.4, -0.2) is 96.9 Å². The predicted molar refractivity (Wildman–Crippen MR) is 179 cm³/mol. The van der Waals surface area contributed by atoms with Crippen molar-refractivity contribution in [3.05, 3.63) is 0 Å². The summed E-state index contributed by atoms with van der Waals surface area (Å²) in [7, 11) is 3.15. The molecule has 2 fully saturated rings. The Morgan fingerprint density at radius 3 is 2.29 bits per heavy atom. The number of aliphatic hydroxyl groups is 2. The van der Waals surface area contributed by atoms with Crippen molar-refractivity contribution in [2.45, 2.75) is 174 Å². The number of carbonyl (C=O) groups is 2. The molecule has 282 valence electrons. The highest BCUT2D eigenvalue weighted by Gasteiger charge is 2.49. The molecule has 5 N–H and O–H groups in total. The van der Waals surface area contributed by atoms with Gasteiger partial charge in [0.2, 0.25) is 0 Å². The number of hydrogen-bond acceptors (Lipinski definition) is 13. The number of hydrogen-bond donors (Lipinski definition) is 4. The Balaban J connectivity index is 2.55. The second kappa shape index (κ2) is 19.4. The molecule has 2 saturated heterocycles. The third kappa shape index (κ3) is 11.6. The van der Waals surface area contributed by atoms with E-state index in [0.717, 1.165) is 12.8 Å². The molecule has 2 heterocycles. The maximum absolute atomic E-state index is 13.4. The molecular weight excluding hydrogens is 624 g/mol. The molecule has 0 saturated carbocycles. The van der Waals surface area contributed by atoms with Crippen LogP contribution in [0.2, 0.25) is 0 Å². The number of ether oxygens (including phenoxy) is 7. The van der Waals surface area contributed by atoms with E-state index in [1.807, 2.05) is 48.5 Å². The first-order valence-electron chi connectivity index (χ1n) is 17.7. The van der Waals surface area contributed by atoms with Crippen molar-refractivity contribution in [2.24, 2.45) is 29.5 Å². The third-order valence-corrected chi connectivity index (χ3v) is 10.6. The molecule has 0 aliphatic carbocycles. The van der Waals surface area contributed by atoms with E-state index in [2.05, 4.69) is 12.3 Å². The molecule has 48 heavy (non-hydrogen) atoms. The number of esters is 1. The van der Waals surface area contributed by atoms with Crippen LogP contribution in [0.15, 0.2) is 0 Å². The van der Waals surface area contributed by atoms with Gasteiger partial charge in [0.1, 0.15) is 5.78 Å². The number of ketones is 1. The van der Waals surface area contributed by atoms with E-state index >= 15 is 0 Å². The highest BCUT2D eigenvalue weighted by molar-refractivity contribution is 5.82. The molecule has 0 radical (unpaired) electrons. The first kappa shape index (κ1) is 42.9. The van der Waals surface area contributed by atoms with Crippen molar-refractivity contribution >= 4 is 11.8 Å². The zero-order valence-corrected chi connectivity index (χ0v) is 31.2. The summed E-state index contributed by atoms with van der Waals surface area (Å²) in [6.45, 7) is 17.0. The summed E-state index contributed by atoms with van der Waals surface area (Å²) in [6.07, 6.45) is -2.47. The van der Waals surface area contributed by atoms with Gasteiger partial charge in [0.05, 0.1) is 35.9 Å². The van der Waals surface area contributed by atoms with Crippen LogP contribution in [0.3, 0.4) is 0 Å². The zero-order chi connectivity index (χ0) is 36.4. The fourth-order valence-corrected chi connectivity index (χ4v) is 7.08. The molecule has 0 bridgehead atoms. The summed E-state index contributed by atoms with van der Waals surface area (Å²) in [5.41, 5.74) is 1.02. The number of nitrogens with one attached hydrogen (secondary N) is 1. The number of carbonyl (C=O) groups excluding carboxylic acids is 2. The van der Waals surface area contributed by atoms with Gasteiger partial charge >= 0.3 is 5.97 Å². The summed E-state index contributed by atoms with van der Waals surface area (Å²) in [5, 5.41) is 20.9. The number of nitrogens with two attached hydrogens (primary N) is 1. The summed E-state index contributed by atoms with van der Waals surface area (Å²) in [4.78, 5) is 26.6. The van der Waals surface area contributed by atoms with E-state index in [4.69, 9.17) is 39.0 Å².